The van der Waals surface area contributed by atoms with Crippen molar-refractivity contribution in [3.05, 3.63) is 12.2 Å². The van der Waals surface area contributed by atoms with Gasteiger partial charge in [-0.25, -0.2) is 4.79 Å². The molecule has 0 rings (SSSR count). The highest BCUT2D eigenvalue weighted by molar-refractivity contribution is 6.98. The van der Waals surface area contributed by atoms with Gasteiger partial charge in [-0.2, -0.15) is 0 Å². The Kier molecular flexibility index (Phi) is 4.39. The number of carbonyl (C=O) groups excluding carboxylic acids is 1. The number of hydrogen-bond donors (Lipinski definition) is 0. The highest BCUT2D eigenvalue weighted by Gasteiger charge is 2.52. The molecule has 0 aliphatic heterocycles. The van der Waals surface area contributed by atoms with Crippen molar-refractivity contribution in [2.75, 3.05) is 0 Å². The molecule has 0 bridgehead atoms. The topological polar surface area (TPSA) is 26.3 Å². The van der Waals surface area contributed by atoms with Crippen LogP contribution >= 0.6 is 0 Å². The first-order valence-electron chi connectivity index (χ1n) is 5.72. The van der Waals surface area contributed by atoms with E-state index < -0.39 is 16.1 Å². The molecule has 0 saturated heterocycles. The maximum absolute atomic E-state index is 11.8. The van der Waals surface area contributed by atoms with Crippen LogP contribution in [0.3, 0.4) is 0 Å². The summed E-state index contributed by atoms with van der Waals surface area (Å²) in [5.74, 6) is -0.243. The number of rotatable bonds is 4. The molecule has 0 aliphatic carbocycles. The van der Waals surface area contributed by atoms with Crippen molar-refractivity contribution >= 4 is 22.1 Å². The minimum Gasteiger partial charge on any atom is -0.464 e. The Morgan fingerprint density at radius 3 is 1.56 bits per heavy atom. The molecule has 94 valence electrons. The smallest absolute Gasteiger partial charge is 0.333 e. The lowest BCUT2D eigenvalue weighted by Gasteiger charge is -2.48. The van der Waals surface area contributed by atoms with Crippen LogP contribution in [0.25, 0.3) is 0 Å². The summed E-state index contributed by atoms with van der Waals surface area (Å²) in [7, 11) is -3.15. The van der Waals surface area contributed by atoms with Crippen LogP contribution in [0, 0.1) is 0 Å². The Hall–Kier alpha value is -0.356. The van der Waals surface area contributed by atoms with Gasteiger partial charge in [0.15, 0.2) is 0 Å². The van der Waals surface area contributed by atoms with Crippen molar-refractivity contribution in [2.24, 2.45) is 0 Å². The van der Waals surface area contributed by atoms with Gasteiger partial charge in [0.2, 0.25) is 0 Å². The SMILES string of the molecule is C=C(C)C(=O)OC(C)([Si](C)(C)C)[Si](C)(C)C. The minimum atomic E-state index is -1.58. The van der Waals surface area contributed by atoms with Gasteiger partial charge in [0.25, 0.3) is 0 Å². The standard InChI is InChI=1S/C12H26O2Si2/c1-10(2)11(13)14-12(3,15(4,5)6)16(7,8)9/h1H2,2-9H3. The first-order valence-corrected chi connectivity index (χ1v) is 12.7. The summed E-state index contributed by atoms with van der Waals surface area (Å²) in [4.78, 5) is 11.5. The summed E-state index contributed by atoms with van der Waals surface area (Å²) in [6.07, 6.45) is 0. The summed E-state index contributed by atoms with van der Waals surface area (Å²) in [5, 5.41) is 0. The zero-order valence-corrected chi connectivity index (χ0v) is 14.0. The first kappa shape index (κ1) is 15.6. The zero-order valence-electron chi connectivity index (χ0n) is 12.0. The van der Waals surface area contributed by atoms with Gasteiger partial charge in [0, 0.05) is 5.57 Å². The molecular formula is C12H26O2Si2. The van der Waals surface area contributed by atoms with Gasteiger partial charge in [-0.15, -0.1) is 0 Å². The summed E-state index contributed by atoms with van der Waals surface area (Å²) >= 11 is 0. The second kappa shape index (κ2) is 4.49. The second-order valence-electron chi connectivity index (χ2n) is 6.70. The third-order valence-corrected chi connectivity index (χ3v) is 13.9. The summed E-state index contributed by atoms with van der Waals surface area (Å²) in [6.45, 7) is 21.0. The van der Waals surface area contributed by atoms with Crippen LogP contribution in [0.4, 0.5) is 0 Å². The van der Waals surface area contributed by atoms with E-state index in [0.29, 0.717) is 5.57 Å². The Balaban J connectivity index is 5.30. The van der Waals surface area contributed by atoms with Gasteiger partial charge in [0.05, 0.1) is 21.0 Å². The van der Waals surface area contributed by atoms with Crippen molar-refractivity contribution in [2.45, 2.75) is 58.0 Å². The molecule has 4 heteroatoms. The van der Waals surface area contributed by atoms with E-state index in [4.69, 9.17) is 4.74 Å². The first-order chi connectivity index (χ1) is 6.83. The van der Waals surface area contributed by atoms with E-state index in [1.165, 1.54) is 0 Å². The fourth-order valence-corrected chi connectivity index (χ4v) is 11.5. The van der Waals surface area contributed by atoms with Crippen LogP contribution in [-0.2, 0) is 9.53 Å². The summed E-state index contributed by atoms with van der Waals surface area (Å²) in [5.41, 5.74) is 0.489. The molecule has 0 aromatic rings. The van der Waals surface area contributed by atoms with Crippen LogP contribution in [0.15, 0.2) is 12.2 Å². The van der Waals surface area contributed by atoms with E-state index >= 15 is 0 Å². The van der Waals surface area contributed by atoms with Gasteiger partial charge in [-0.3, -0.25) is 0 Å². The normalized spacial score (nSPS) is 13.5. The molecule has 0 heterocycles. The molecule has 0 aromatic heterocycles. The summed E-state index contributed by atoms with van der Waals surface area (Å²) < 4.78 is 5.81. The fraction of sp³-hybridized carbons (Fsp3) is 0.750. The Bertz CT molecular complexity index is 281. The highest BCUT2D eigenvalue weighted by Crippen LogP contribution is 2.34. The molecule has 0 saturated carbocycles. The average Bonchev–Trinajstić information content (AvgIpc) is 1.99. The van der Waals surface area contributed by atoms with E-state index in [2.05, 4.69) is 52.8 Å². The Labute approximate surface area is 102 Å². The van der Waals surface area contributed by atoms with E-state index in [9.17, 15) is 4.79 Å². The average molecular weight is 259 g/mol. The number of esters is 1. The molecule has 2 nitrogen and oxygen atoms in total. The van der Waals surface area contributed by atoms with Crippen LogP contribution in [-0.4, -0.2) is 27.0 Å². The quantitative estimate of drug-likeness (QED) is 0.437. The molecule has 0 radical (unpaired) electrons. The van der Waals surface area contributed by atoms with Crippen molar-refractivity contribution in [1.29, 1.82) is 0 Å². The lowest BCUT2D eigenvalue weighted by atomic mass is 10.4. The predicted molar refractivity (Wildman–Crippen MR) is 76.0 cm³/mol. The number of hydrogen-bond acceptors (Lipinski definition) is 2. The van der Waals surface area contributed by atoms with Crippen LogP contribution in [0.2, 0.25) is 39.3 Å². The van der Waals surface area contributed by atoms with Crippen molar-refractivity contribution in [1.82, 2.24) is 0 Å². The lowest BCUT2D eigenvalue weighted by Crippen LogP contribution is -2.66. The fourth-order valence-electron chi connectivity index (χ4n) is 1.70. The monoisotopic (exact) mass is 258 g/mol. The molecule has 0 aromatic carbocycles. The minimum absolute atomic E-state index is 0.243. The largest absolute Gasteiger partial charge is 0.464 e. The van der Waals surface area contributed by atoms with Gasteiger partial charge >= 0.3 is 5.97 Å². The van der Waals surface area contributed by atoms with Crippen molar-refractivity contribution in [3.63, 3.8) is 0 Å². The molecule has 0 atom stereocenters. The molecule has 0 amide bonds. The van der Waals surface area contributed by atoms with Crippen LogP contribution in [0.5, 0.6) is 0 Å². The number of ether oxygens (including phenoxy) is 1. The second-order valence-corrected chi connectivity index (χ2v) is 18.1. The van der Waals surface area contributed by atoms with Gasteiger partial charge in [-0.1, -0.05) is 45.9 Å². The third-order valence-electron chi connectivity index (χ3n) is 3.51. The summed E-state index contributed by atoms with van der Waals surface area (Å²) in [6, 6.07) is 0. The Morgan fingerprint density at radius 1 is 1.06 bits per heavy atom. The van der Waals surface area contributed by atoms with Gasteiger partial charge in [0.1, 0.15) is 0 Å². The maximum Gasteiger partial charge on any atom is 0.333 e. The number of carbonyl (C=O) groups is 1. The van der Waals surface area contributed by atoms with Gasteiger partial charge < -0.3 is 4.74 Å². The third kappa shape index (κ3) is 3.07. The van der Waals surface area contributed by atoms with E-state index in [1.807, 2.05) is 0 Å². The molecule has 16 heavy (non-hydrogen) atoms. The van der Waals surface area contributed by atoms with E-state index in [0.717, 1.165) is 0 Å². The van der Waals surface area contributed by atoms with Crippen molar-refractivity contribution < 1.29 is 9.53 Å². The van der Waals surface area contributed by atoms with E-state index in [1.54, 1.807) is 6.92 Å². The van der Waals surface area contributed by atoms with Gasteiger partial charge in [-0.05, 0) is 13.8 Å². The molecule has 0 aliphatic rings. The molecule has 0 fully saturated rings. The van der Waals surface area contributed by atoms with E-state index in [-0.39, 0.29) is 10.8 Å². The maximum atomic E-state index is 11.8. The predicted octanol–water partition coefficient (Wildman–Crippen LogP) is 3.62. The van der Waals surface area contributed by atoms with Crippen LogP contribution < -0.4 is 0 Å². The molecule has 0 unspecified atom stereocenters. The Morgan fingerprint density at radius 2 is 1.38 bits per heavy atom. The molecule has 0 spiro atoms. The lowest BCUT2D eigenvalue weighted by molar-refractivity contribution is -0.143. The van der Waals surface area contributed by atoms with Crippen LogP contribution in [0.1, 0.15) is 13.8 Å². The molecular weight excluding hydrogens is 232 g/mol. The van der Waals surface area contributed by atoms with Crippen molar-refractivity contribution in [3.8, 4) is 0 Å². The highest BCUT2D eigenvalue weighted by atomic mass is 28.4. The molecule has 0 N–H and O–H groups in total. The zero-order chi connectivity index (χ0) is 13.4.